The first-order chi connectivity index (χ1) is 20.2. The summed E-state index contributed by atoms with van der Waals surface area (Å²) in [6, 6.07) is 11.4. The predicted octanol–water partition coefficient (Wildman–Crippen LogP) is 3.04. The molecule has 2 aromatic carbocycles. The van der Waals surface area contributed by atoms with Gasteiger partial charge >= 0.3 is 0 Å². The molecule has 0 bridgehead atoms. The summed E-state index contributed by atoms with van der Waals surface area (Å²) in [5.41, 5.74) is 3.80. The summed E-state index contributed by atoms with van der Waals surface area (Å²) in [7, 11) is 1.17. The van der Waals surface area contributed by atoms with Crippen molar-refractivity contribution in [1.82, 2.24) is 24.1 Å². The van der Waals surface area contributed by atoms with Crippen LogP contribution >= 0.6 is 0 Å². The molecule has 0 radical (unpaired) electrons. The van der Waals surface area contributed by atoms with Gasteiger partial charge in [0.15, 0.2) is 16.5 Å². The molecular weight excluding hydrogens is 556 g/mol. The molecule has 0 unspecified atom stereocenters. The third-order valence-corrected chi connectivity index (χ3v) is 9.55. The number of aromatic nitrogens is 2. The molecule has 0 aliphatic carbocycles. The van der Waals surface area contributed by atoms with E-state index in [9.17, 15) is 13.2 Å². The molecule has 226 valence electrons. The molecule has 1 saturated heterocycles. The van der Waals surface area contributed by atoms with Crippen LogP contribution in [0.2, 0.25) is 0 Å². The highest BCUT2D eigenvalue weighted by molar-refractivity contribution is 7.89. The number of hydrogen-bond donors (Lipinski definition) is 1. The minimum absolute atomic E-state index is 0.0149. The number of hydrogen-bond acceptors (Lipinski definition) is 8. The number of benzene rings is 2. The summed E-state index contributed by atoms with van der Waals surface area (Å²) in [6.45, 7) is 7.77. The number of imidazole rings is 1. The maximum atomic E-state index is 13.9. The van der Waals surface area contributed by atoms with Crippen LogP contribution < -0.4 is 19.1 Å². The van der Waals surface area contributed by atoms with E-state index >= 15 is 0 Å². The van der Waals surface area contributed by atoms with E-state index in [1.165, 1.54) is 12.5 Å². The average Bonchev–Trinajstić information content (AvgIpc) is 3.60. The summed E-state index contributed by atoms with van der Waals surface area (Å²) in [5, 5.41) is -0.0149. The van der Waals surface area contributed by atoms with E-state index in [1.54, 1.807) is 25.8 Å². The number of methoxy groups -OCH3 is 2. The number of aryl methyl sites for hydroxylation is 1. The van der Waals surface area contributed by atoms with Gasteiger partial charge in [-0.25, -0.2) is 18.1 Å². The van der Waals surface area contributed by atoms with Gasteiger partial charge in [-0.05, 0) is 49.2 Å². The van der Waals surface area contributed by atoms with E-state index in [2.05, 4.69) is 32.5 Å². The smallest absolute Gasteiger partial charge is 0.259 e. The fraction of sp³-hybridized carbons (Fsp3) is 0.467. The number of rotatable bonds is 12. The predicted molar refractivity (Wildman–Crippen MR) is 161 cm³/mol. The summed E-state index contributed by atoms with van der Waals surface area (Å²) < 4.78 is 40.7. The Bertz CT molecular complexity index is 1520. The lowest BCUT2D eigenvalue weighted by atomic mass is 9.99. The van der Waals surface area contributed by atoms with E-state index < -0.39 is 10.0 Å². The highest BCUT2D eigenvalue weighted by Crippen LogP contribution is 2.40. The monoisotopic (exact) mass is 596 g/mol. The fourth-order valence-corrected chi connectivity index (χ4v) is 6.91. The Morgan fingerprint density at radius 1 is 1.05 bits per heavy atom. The Labute approximate surface area is 248 Å². The molecule has 1 aromatic heterocycles. The van der Waals surface area contributed by atoms with E-state index in [1.807, 2.05) is 35.2 Å². The standard InChI is InChI=1S/C30H40N6O5S/c1-5-34-14-16-35(17-15-34)26-9-6-8-23-24(26)19-36(30(23)37)25(22-11-12-27(40-3)28(18-22)41-4)10-7-13-32-42(38,39)29-20-33(2)21-31-29/h6,8-9,11-12,18,20-21,25,32H,5,7,10,13-17,19H2,1-4H3/t25-/m1/s1. The zero-order valence-corrected chi connectivity index (χ0v) is 25.6. The number of ether oxygens (including phenoxy) is 2. The summed E-state index contributed by atoms with van der Waals surface area (Å²) in [6.07, 6.45) is 3.98. The van der Waals surface area contributed by atoms with Crippen LogP contribution in [0.5, 0.6) is 11.5 Å². The van der Waals surface area contributed by atoms with Gasteiger partial charge in [-0.2, -0.15) is 0 Å². The quantitative estimate of drug-likeness (QED) is 0.318. The van der Waals surface area contributed by atoms with Crippen molar-refractivity contribution >= 4 is 21.6 Å². The first-order valence-electron chi connectivity index (χ1n) is 14.4. The Morgan fingerprint density at radius 2 is 1.81 bits per heavy atom. The number of sulfonamides is 1. The lowest BCUT2D eigenvalue weighted by molar-refractivity contribution is 0.0689. The minimum atomic E-state index is -3.73. The number of nitrogens with one attached hydrogen (secondary N) is 1. The summed E-state index contributed by atoms with van der Waals surface area (Å²) in [4.78, 5) is 24.6. The number of carbonyl (C=O) groups is 1. The van der Waals surface area contributed by atoms with Gasteiger partial charge < -0.3 is 28.7 Å². The van der Waals surface area contributed by atoms with Gasteiger partial charge in [0.1, 0.15) is 0 Å². The van der Waals surface area contributed by atoms with Crippen LogP contribution in [0.1, 0.15) is 47.3 Å². The van der Waals surface area contributed by atoms with Crippen LogP contribution in [0, 0.1) is 0 Å². The topological polar surface area (TPSA) is 109 Å². The van der Waals surface area contributed by atoms with Crippen molar-refractivity contribution in [3.63, 3.8) is 0 Å². The lowest BCUT2D eigenvalue weighted by Gasteiger charge is -2.36. The van der Waals surface area contributed by atoms with Crippen molar-refractivity contribution in [1.29, 1.82) is 0 Å². The molecule has 1 amide bonds. The maximum absolute atomic E-state index is 13.9. The number of fused-ring (bicyclic) bond motifs is 1. The second-order valence-corrected chi connectivity index (χ2v) is 12.4. The van der Waals surface area contributed by atoms with E-state index in [-0.39, 0.29) is 23.5 Å². The molecule has 1 atom stereocenters. The fourth-order valence-electron chi connectivity index (χ4n) is 5.86. The number of amides is 1. The maximum Gasteiger partial charge on any atom is 0.259 e. The molecule has 1 fully saturated rings. The first-order valence-corrected chi connectivity index (χ1v) is 15.8. The first kappa shape index (κ1) is 29.9. The zero-order valence-electron chi connectivity index (χ0n) is 24.7. The van der Waals surface area contributed by atoms with E-state index in [0.717, 1.165) is 55.1 Å². The Balaban J connectivity index is 1.38. The van der Waals surface area contributed by atoms with Gasteiger partial charge in [-0.1, -0.05) is 19.1 Å². The lowest BCUT2D eigenvalue weighted by Crippen LogP contribution is -2.46. The molecule has 3 heterocycles. The molecule has 2 aliphatic heterocycles. The highest BCUT2D eigenvalue weighted by Gasteiger charge is 2.36. The molecule has 11 nitrogen and oxygen atoms in total. The van der Waals surface area contributed by atoms with Crippen molar-refractivity contribution in [3.8, 4) is 11.5 Å². The number of likely N-dealkylation sites (N-methyl/N-ethyl adjacent to an activating group) is 1. The molecule has 2 aliphatic rings. The number of carbonyl (C=O) groups excluding carboxylic acids is 1. The normalized spacial score (nSPS) is 16.5. The third kappa shape index (κ3) is 6.11. The summed E-state index contributed by atoms with van der Waals surface area (Å²) in [5.74, 6) is 1.16. The van der Waals surface area contributed by atoms with Crippen LogP contribution in [-0.2, 0) is 23.6 Å². The van der Waals surface area contributed by atoms with Crippen LogP contribution in [0.3, 0.4) is 0 Å². The molecule has 1 N–H and O–H groups in total. The van der Waals surface area contributed by atoms with E-state index in [4.69, 9.17) is 9.47 Å². The highest BCUT2D eigenvalue weighted by atomic mass is 32.2. The molecule has 5 rings (SSSR count). The SMILES string of the molecule is CCN1CCN(c2cccc3c2CN([C@H](CCCNS(=O)(=O)c2cn(C)cn2)c2ccc(OC)c(OC)c2)C3=O)CC1. The zero-order chi connectivity index (χ0) is 29.9. The summed E-state index contributed by atoms with van der Waals surface area (Å²) >= 11 is 0. The van der Waals surface area contributed by atoms with Gasteiger partial charge in [0.25, 0.3) is 15.9 Å². The van der Waals surface area contributed by atoms with Crippen molar-refractivity contribution in [2.45, 2.75) is 37.4 Å². The van der Waals surface area contributed by atoms with Crippen molar-refractivity contribution in [3.05, 3.63) is 65.6 Å². The molecule has 12 heteroatoms. The van der Waals surface area contributed by atoms with Crippen molar-refractivity contribution in [2.75, 3.05) is 58.4 Å². The minimum Gasteiger partial charge on any atom is -0.493 e. The van der Waals surface area contributed by atoms with Gasteiger partial charge in [-0.3, -0.25) is 4.79 Å². The molecule has 42 heavy (non-hydrogen) atoms. The second kappa shape index (κ2) is 12.7. The van der Waals surface area contributed by atoms with Gasteiger partial charge in [-0.15, -0.1) is 0 Å². The molecular formula is C30H40N6O5S. The molecule has 3 aromatic rings. The number of nitrogens with zero attached hydrogens (tertiary/aromatic N) is 5. The number of anilines is 1. The molecule has 0 saturated carbocycles. The van der Waals surface area contributed by atoms with Crippen molar-refractivity contribution in [2.24, 2.45) is 7.05 Å². The van der Waals surface area contributed by atoms with Crippen LogP contribution in [0.15, 0.2) is 53.9 Å². The van der Waals surface area contributed by atoms with Gasteiger partial charge in [0.05, 0.1) is 26.6 Å². The number of piperazine rings is 1. The van der Waals surface area contributed by atoms with Crippen LogP contribution in [0.4, 0.5) is 5.69 Å². The third-order valence-electron chi connectivity index (χ3n) is 8.20. The average molecular weight is 597 g/mol. The Morgan fingerprint density at radius 3 is 2.48 bits per heavy atom. The molecule has 0 spiro atoms. The van der Waals surface area contributed by atoms with Crippen LogP contribution in [0.25, 0.3) is 0 Å². The van der Waals surface area contributed by atoms with Crippen molar-refractivity contribution < 1.29 is 22.7 Å². The van der Waals surface area contributed by atoms with Gasteiger partial charge in [0.2, 0.25) is 0 Å². The van der Waals surface area contributed by atoms with Crippen LogP contribution in [-0.4, -0.2) is 87.2 Å². The second-order valence-electron chi connectivity index (χ2n) is 10.7. The largest absolute Gasteiger partial charge is 0.493 e. The Kier molecular flexibility index (Phi) is 9.05. The van der Waals surface area contributed by atoms with Gasteiger partial charge in [0, 0.05) is 69.3 Å². The Hall–Kier alpha value is -3.61. The van der Waals surface area contributed by atoms with E-state index in [0.29, 0.717) is 30.9 Å².